The standard InChI is InChI=1S/C29H33N3O2/c1-30(20-23-11-3-5-16-27(23)31-17-6-7-18-31)28(33)24-13-9-19-32(21-24)29(34)26-15-8-12-22-10-2-4-14-25(22)26/h2-5,8,10-12,14-16,24H,6-7,9,13,17-21H2,1H3/t24-/m1/s1. The number of piperidine rings is 1. The summed E-state index contributed by atoms with van der Waals surface area (Å²) in [4.78, 5) is 33.0. The Balaban J connectivity index is 1.28. The zero-order chi connectivity index (χ0) is 23.5. The molecule has 0 N–H and O–H groups in total. The number of anilines is 1. The minimum absolute atomic E-state index is 0.0244. The summed E-state index contributed by atoms with van der Waals surface area (Å²) in [5.74, 6) is -0.000368. The minimum Gasteiger partial charge on any atom is -0.371 e. The van der Waals surface area contributed by atoms with Crippen LogP contribution in [0.2, 0.25) is 0 Å². The van der Waals surface area contributed by atoms with Crippen LogP contribution in [-0.4, -0.2) is 54.8 Å². The molecule has 34 heavy (non-hydrogen) atoms. The van der Waals surface area contributed by atoms with E-state index in [9.17, 15) is 9.59 Å². The molecule has 2 aliphatic heterocycles. The van der Waals surface area contributed by atoms with Gasteiger partial charge in [0.05, 0.1) is 5.92 Å². The predicted molar refractivity (Wildman–Crippen MR) is 137 cm³/mol. The van der Waals surface area contributed by atoms with Crippen molar-refractivity contribution in [2.45, 2.75) is 32.2 Å². The number of carbonyl (C=O) groups excluding carboxylic acids is 2. The Bertz CT molecular complexity index is 1180. The van der Waals surface area contributed by atoms with Crippen molar-refractivity contribution in [2.75, 3.05) is 38.1 Å². The molecule has 2 heterocycles. The van der Waals surface area contributed by atoms with Crippen molar-refractivity contribution < 1.29 is 9.59 Å². The lowest BCUT2D eigenvalue weighted by Crippen LogP contribution is -2.45. The normalized spacial score (nSPS) is 18.3. The molecule has 0 saturated carbocycles. The van der Waals surface area contributed by atoms with Crippen molar-refractivity contribution >= 4 is 28.3 Å². The van der Waals surface area contributed by atoms with Gasteiger partial charge in [-0.1, -0.05) is 54.6 Å². The fraction of sp³-hybridized carbons (Fsp3) is 0.379. The molecule has 0 aromatic heterocycles. The van der Waals surface area contributed by atoms with Crippen LogP contribution in [0.4, 0.5) is 5.69 Å². The number of amides is 2. The van der Waals surface area contributed by atoms with Gasteiger partial charge in [0.25, 0.3) is 5.91 Å². The molecule has 0 unspecified atom stereocenters. The van der Waals surface area contributed by atoms with Crippen molar-refractivity contribution in [3.05, 3.63) is 77.9 Å². The molecular weight excluding hydrogens is 422 g/mol. The predicted octanol–water partition coefficient (Wildman–Crippen LogP) is 4.95. The van der Waals surface area contributed by atoms with E-state index in [1.54, 1.807) is 0 Å². The molecule has 0 spiro atoms. The smallest absolute Gasteiger partial charge is 0.254 e. The molecule has 3 aromatic rings. The maximum Gasteiger partial charge on any atom is 0.254 e. The lowest BCUT2D eigenvalue weighted by Gasteiger charge is -2.34. The van der Waals surface area contributed by atoms with Crippen molar-refractivity contribution in [1.82, 2.24) is 9.80 Å². The number of likely N-dealkylation sites (tertiary alicyclic amines) is 1. The van der Waals surface area contributed by atoms with Crippen LogP contribution >= 0.6 is 0 Å². The third-order valence-corrected chi connectivity index (χ3v) is 7.30. The van der Waals surface area contributed by atoms with E-state index in [1.165, 1.54) is 24.1 Å². The molecule has 5 heteroatoms. The first-order valence-corrected chi connectivity index (χ1v) is 12.5. The Hall–Kier alpha value is -3.34. The number of rotatable bonds is 5. The molecule has 1 atom stereocenters. The highest BCUT2D eigenvalue weighted by Gasteiger charge is 2.31. The average Bonchev–Trinajstić information content (AvgIpc) is 3.43. The summed E-state index contributed by atoms with van der Waals surface area (Å²) in [7, 11) is 1.90. The summed E-state index contributed by atoms with van der Waals surface area (Å²) in [6.45, 7) is 3.96. The monoisotopic (exact) mass is 455 g/mol. The van der Waals surface area contributed by atoms with Crippen LogP contribution in [0.3, 0.4) is 0 Å². The number of hydrogen-bond donors (Lipinski definition) is 0. The molecule has 0 radical (unpaired) electrons. The van der Waals surface area contributed by atoms with Crippen molar-refractivity contribution in [3.8, 4) is 0 Å². The van der Waals surface area contributed by atoms with Gasteiger partial charge in [0.15, 0.2) is 0 Å². The molecule has 5 nitrogen and oxygen atoms in total. The van der Waals surface area contributed by atoms with Gasteiger partial charge in [-0.25, -0.2) is 0 Å². The van der Waals surface area contributed by atoms with Gasteiger partial charge in [-0.3, -0.25) is 9.59 Å². The number of para-hydroxylation sites is 1. The van der Waals surface area contributed by atoms with E-state index in [2.05, 4.69) is 29.2 Å². The quantitative estimate of drug-likeness (QED) is 0.547. The Kier molecular flexibility index (Phi) is 6.52. The molecule has 5 rings (SSSR count). The van der Waals surface area contributed by atoms with Crippen LogP contribution in [-0.2, 0) is 11.3 Å². The zero-order valence-electron chi connectivity index (χ0n) is 20.0. The van der Waals surface area contributed by atoms with E-state index in [1.807, 2.05) is 59.3 Å². The van der Waals surface area contributed by atoms with E-state index in [0.717, 1.165) is 42.3 Å². The Morgan fingerprint density at radius 3 is 2.47 bits per heavy atom. The second kappa shape index (κ2) is 9.88. The molecular formula is C29H33N3O2. The number of nitrogens with zero attached hydrogens (tertiary/aromatic N) is 3. The van der Waals surface area contributed by atoms with Gasteiger partial charge in [-0.05, 0) is 54.2 Å². The first kappa shape index (κ1) is 22.5. The third kappa shape index (κ3) is 4.52. The molecule has 176 valence electrons. The number of benzene rings is 3. The lowest BCUT2D eigenvalue weighted by atomic mass is 9.95. The van der Waals surface area contributed by atoms with E-state index < -0.39 is 0 Å². The highest BCUT2D eigenvalue weighted by Crippen LogP contribution is 2.28. The SMILES string of the molecule is CN(Cc1ccccc1N1CCCC1)C(=O)[C@@H]1CCCN(C(=O)c2cccc3ccccc23)C1. The molecule has 0 bridgehead atoms. The van der Waals surface area contributed by atoms with Crippen LogP contribution < -0.4 is 4.90 Å². The number of carbonyl (C=O) groups is 2. The van der Waals surface area contributed by atoms with Gasteiger partial charge < -0.3 is 14.7 Å². The highest BCUT2D eigenvalue weighted by atomic mass is 16.2. The first-order chi connectivity index (χ1) is 16.6. The Morgan fingerprint density at radius 1 is 0.882 bits per heavy atom. The molecule has 3 aromatic carbocycles. The van der Waals surface area contributed by atoms with E-state index in [4.69, 9.17) is 0 Å². The number of fused-ring (bicyclic) bond motifs is 1. The zero-order valence-corrected chi connectivity index (χ0v) is 20.0. The van der Waals surface area contributed by atoms with Gasteiger partial charge in [-0.15, -0.1) is 0 Å². The maximum absolute atomic E-state index is 13.4. The summed E-state index contributed by atoms with van der Waals surface area (Å²) in [5.41, 5.74) is 3.16. The molecule has 2 saturated heterocycles. The Morgan fingerprint density at radius 2 is 1.62 bits per heavy atom. The van der Waals surface area contributed by atoms with Crippen molar-refractivity contribution in [3.63, 3.8) is 0 Å². The second-order valence-electron chi connectivity index (χ2n) is 9.63. The second-order valence-corrected chi connectivity index (χ2v) is 9.63. The van der Waals surface area contributed by atoms with Crippen LogP contribution in [0.1, 0.15) is 41.6 Å². The average molecular weight is 456 g/mol. The van der Waals surface area contributed by atoms with Gasteiger partial charge in [0.2, 0.25) is 5.91 Å². The van der Waals surface area contributed by atoms with E-state index in [0.29, 0.717) is 19.6 Å². The summed E-state index contributed by atoms with van der Waals surface area (Å²) < 4.78 is 0. The lowest BCUT2D eigenvalue weighted by molar-refractivity contribution is -0.136. The first-order valence-electron chi connectivity index (χ1n) is 12.5. The van der Waals surface area contributed by atoms with Crippen molar-refractivity contribution in [1.29, 1.82) is 0 Å². The largest absolute Gasteiger partial charge is 0.371 e. The van der Waals surface area contributed by atoms with Gasteiger partial charge in [0.1, 0.15) is 0 Å². The van der Waals surface area contributed by atoms with Gasteiger partial charge >= 0.3 is 0 Å². The molecule has 2 fully saturated rings. The highest BCUT2D eigenvalue weighted by molar-refractivity contribution is 6.07. The molecule has 2 aliphatic rings. The summed E-state index contributed by atoms with van der Waals surface area (Å²) in [6.07, 6.45) is 4.14. The van der Waals surface area contributed by atoms with Crippen LogP contribution in [0.25, 0.3) is 10.8 Å². The summed E-state index contributed by atoms with van der Waals surface area (Å²) >= 11 is 0. The van der Waals surface area contributed by atoms with Crippen LogP contribution in [0.5, 0.6) is 0 Å². The summed E-state index contributed by atoms with van der Waals surface area (Å²) in [6, 6.07) is 22.3. The third-order valence-electron chi connectivity index (χ3n) is 7.30. The van der Waals surface area contributed by atoms with E-state index >= 15 is 0 Å². The Labute approximate surface area is 202 Å². The van der Waals surface area contributed by atoms with Gasteiger partial charge in [-0.2, -0.15) is 0 Å². The minimum atomic E-state index is -0.156. The molecule has 0 aliphatic carbocycles. The van der Waals surface area contributed by atoms with Crippen LogP contribution in [0.15, 0.2) is 66.7 Å². The van der Waals surface area contributed by atoms with E-state index in [-0.39, 0.29) is 17.7 Å². The fourth-order valence-electron chi connectivity index (χ4n) is 5.50. The van der Waals surface area contributed by atoms with Gasteiger partial charge in [0, 0.05) is 51.0 Å². The van der Waals surface area contributed by atoms with Crippen molar-refractivity contribution in [2.24, 2.45) is 5.92 Å². The topological polar surface area (TPSA) is 43.9 Å². The fourth-order valence-corrected chi connectivity index (χ4v) is 5.50. The van der Waals surface area contributed by atoms with Crippen LogP contribution in [0, 0.1) is 5.92 Å². The number of hydrogen-bond acceptors (Lipinski definition) is 3. The maximum atomic E-state index is 13.4. The molecule has 2 amide bonds. The summed E-state index contributed by atoms with van der Waals surface area (Å²) in [5, 5.41) is 2.04.